The van der Waals surface area contributed by atoms with E-state index in [1.807, 2.05) is 0 Å². The minimum atomic E-state index is 0.00470. The summed E-state index contributed by atoms with van der Waals surface area (Å²) in [6.07, 6.45) is 7.25. The van der Waals surface area contributed by atoms with Crippen LogP contribution in [0.1, 0.15) is 52.4 Å². The van der Waals surface area contributed by atoms with Crippen molar-refractivity contribution in [2.75, 3.05) is 13.1 Å². The van der Waals surface area contributed by atoms with Crippen molar-refractivity contribution in [3.8, 4) is 0 Å². The molecule has 2 amide bonds. The summed E-state index contributed by atoms with van der Waals surface area (Å²) < 4.78 is 0. The van der Waals surface area contributed by atoms with Gasteiger partial charge in [0.25, 0.3) is 0 Å². The van der Waals surface area contributed by atoms with Crippen LogP contribution in [0.2, 0.25) is 0 Å². The van der Waals surface area contributed by atoms with Gasteiger partial charge in [-0.2, -0.15) is 0 Å². The summed E-state index contributed by atoms with van der Waals surface area (Å²) in [5, 5.41) is 9.61. The third kappa shape index (κ3) is 3.61. The lowest BCUT2D eigenvalue weighted by Gasteiger charge is -2.39. The number of rotatable bonds is 3. The molecular weight excluding hydrogens is 226 g/mol. The topological polar surface area (TPSA) is 53.2 Å². The van der Waals surface area contributed by atoms with Crippen LogP contribution >= 0.6 is 0 Å². The SMILES string of the molecule is CC1(C)CCCNC1CNC(=O)NC1CCCC1. The largest absolute Gasteiger partial charge is 0.337 e. The number of carbonyl (C=O) groups excluding carboxylic acids is 1. The van der Waals surface area contributed by atoms with E-state index in [0.717, 1.165) is 25.9 Å². The van der Waals surface area contributed by atoms with Crippen molar-refractivity contribution in [2.45, 2.75) is 64.5 Å². The summed E-state index contributed by atoms with van der Waals surface area (Å²) in [6.45, 7) is 6.35. The fourth-order valence-electron chi connectivity index (χ4n) is 3.12. The van der Waals surface area contributed by atoms with Gasteiger partial charge in [0.15, 0.2) is 0 Å². The Labute approximate surface area is 110 Å². The third-order valence-electron chi connectivity index (χ3n) is 4.49. The zero-order valence-corrected chi connectivity index (χ0v) is 11.7. The quantitative estimate of drug-likeness (QED) is 0.720. The van der Waals surface area contributed by atoms with Crippen LogP contribution in [-0.4, -0.2) is 31.2 Å². The number of amides is 2. The van der Waals surface area contributed by atoms with E-state index >= 15 is 0 Å². The molecule has 2 aliphatic rings. The predicted octanol–water partition coefficient (Wildman–Crippen LogP) is 2.01. The lowest BCUT2D eigenvalue weighted by atomic mass is 9.77. The van der Waals surface area contributed by atoms with Crippen LogP contribution < -0.4 is 16.0 Å². The Balaban J connectivity index is 1.71. The molecule has 3 N–H and O–H groups in total. The molecule has 1 heterocycles. The highest BCUT2D eigenvalue weighted by atomic mass is 16.2. The first-order valence-corrected chi connectivity index (χ1v) is 7.36. The van der Waals surface area contributed by atoms with Gasteiger partial charge in [0.2, 0.25) is 0 Å². The lowest BCUT2D eigenvalue weighted by Crippen LogP contribution is -2.54. The molecule has 18 heavy (non-hydrogen) atoms. The van der Waals surface area contributed by atoms with Gasteiger partial charge in [0, 0.05) is 18.6 Å². The molecular formula is C14H27N3O. The Kier molecular flexibility index (Phi) is 4.49. The normalized spacial score (nSPS) is 28.0. The predicted molar refractivity (Wildman–Crippen MR) is 73.6 cm³/mol. The van der Waals surface area contributed by atoms with Crippen molar-refractivity contribution in [1.82, 2.24) is 16.0 Å². The van der Waals surface area contributed by atoms with Crippen molar-refractivity contribution in [2.24, 2.45) is 5.41 Å². The molecule has 104 valence electrons. The first kappa shape index (κ1) is 13.7. The molecule has 1 atom stereocenters. The second-order valence-electron chi connectivity index (χ2n) is 6.43. The molecule has 0 bridgehead atoms. The van der Waals surface area contributed by atoms with Crippen LogP contribution in [0.5, 0.6) is 0 Å². The number of piperidine rings is 1. The molecule has 4 heteroatoms. The Morgan fingerprint density at radius 1 is 1.28 bits per heavy atom. The summed E-state index contributed by atoms with van der Waals surface area (Å²) in [5.41, 5.74) is 0.277. The molecule has 1 unspecified atom stereocenters. The summed E-state index contributed by atoms with van der Waals surface area (Å²) in [6, 6.07) is 0.794. The van der Waals surface area contributed by atoms with Gasteiger partial charge in [0.05, 0.1) is 0 Å². The van der Waals surface area contributed by atoms with Crippen LogP contribution in [0.15, 0.2) is 0 Å². The molecule has 0 aromatic carbocycles. The second-order valence-corrected chi connectivity index (χ2v) is 6.43. The Morgan fingerprint density at radius 3 is 2.67 bits per heavy atom. The summed E-state index contributed by atoms with van der Waals surface area (Å²) >= 11 is 0. The van der Waals surface area contributed by atoms with E-state index in [-0.39, 0.29) is 11.4 Å². The average Bonchev–Trinajstić information content (AvgIpc) is 2.80. The molecule has 0 aromatic rings. The molecule has 1 aliphatic heterocycles. The van der Waals surface area contributed by atoms with Crippen molar-refractivity contribution < 1.29 is 4.79 Å². The van der Waals surface area contributed by atoms with Crippen LogP contribution in [0, 0.1) is 5.41 Å². The Morgan fingerprint density at radius 2 is 2.00 bits per heavy atom. The van der Waals surface area contributed by atoms with Gasteiger partial charge < -0.3 is 16.0 Å². The first-order chi connectivity index (χ1) is 8.58. The van der Waals surface area contributed by atoms with E-state index < -0.39 is 0 Å². The van der Waals surface area contributed by atoms with Gasteiger partial charge in [-0.3, -0.25) is 0 Å². The number of carbonyl (C=O) groups is 1. The number of urea groups is 1. The van der Waals surface area contributed by atoms with E-state index in [9.17, 15) is 4.79 Å². The van der Waals surface area contributed by atoms with Gasteiger partial charge in [0.1, 0.15) is 0 Å². The van der Waals surface area contributed by atoms with Crippen LogP contribution in [-0.2, 0) is 0 Å². The van der Waals surface area contributed by atoms with Gasteiger partial charge in [-0.05, 0) is 37.6 Å². The minimum absolute atomic E-state index is 0.00470. The van der Waals surface area contributed by atoms with Crippen LogP contribution in [0.25, 0.3) is 0 Å². The standard InChI is InChI=1S/C14H27N3O/c1-14(2)8-5-9-15-12(14)10-16-13(18)17-11-6-3-4-7-11/h11-12,15H,3-10H2,1-2H3,(H2,16,17,18). The smallest absolute Gasteiger partial charge is 0.315 e. The molecule has 0 radical (unpaired) electrons. The maximum atomic E-state index is 11.8. The first-order valence-electron chi connectivity index (χ1n) is 7.36. The second kappa shape index (κ2) is 5.91. The van der Waals surface area contributed by atoms with E-state index in [2.05, 4.69) is 29.8 Å². The number of hydrogen-bond acceptors (Lipinski definition) is 2. The van der Waals surface area contributed by atoms with Crippen molar-refractivity contribution in [1.29, 1.82) is 0 Å². The maximum Gasteiger partial charge on any atom is 0.315 e. The summed E-state index contributed by atoms with van der Waals surface area (Å²) in [7, 11) is 0. The highest BCUT2D eigenvalue weighted by Gasteiger charge is 2.32. The van der Waals surface area contributed by atoms with E-state index in [1.165, 1.54) is 25.7 Å². The highest BCUT2D eigenvalue weighted by Crippen LogP contribution is 2.29. The summed E-state index contributed by atoms with van der Waals surface area (Å²) in [5.74, 6) is 0. The zero-order chi connectivity index (χ0) is 13.0. The van der Waals surface area contributed by atoms with E-state index in [1.54, 1.807) is 0 Å². The Hall–Kier alpha value is -0.770. The fourth-order valence-corrected chi connectivity index (χ4v) is 3.12. The minimum Gasteiger partial charge on any atom is -0.337 e. The van der Waals surface area contributed by atoms with E-state index in [0.29, 0.717) is 12.1 Å². The van der Waals surface area contributed by atoms with Gasteiger partial charge >= 0.3 is 6.03 Å². The van der Waals surface area contributed by atoms with Crippen molar-refractivity contribution in [3.63, 3.8) is 0 Å². The molecule has 1 aliphatic carbocycles. The van der Waals surface area contributed by atoms with Crippen LogP contribution in [0.3, 0.4) is 0 Å². The molecule has 4 nitrogen and oxygen atoms in total. The van der Waals surface area contributed by atoms with Crippen molar-refractivity contribution in [3.05, 3.63) is 0 Å². The monoisotopic (exact) mass is 253 g/mol. The van der Waals surface area contributed by atoms with Gasteiger partial charge in [-0.1, -0.05) is 26.7 Å². The van der Waals surface area contributed by atoms with Crippen molar-refractivity contribution >= 4 is 6.03 Å². The average molecular weight is 253 g/mol. The molecule has 2 fully saturated rings. The van der Waals surface area contributed by atoms with Crippen LogP contribution in [0.4, 0.5) is 4.79 Å². The molecule has 1 saturated heterocycles. The maximum absolute atomic E-state index is 11.8. The number of hydrogen-bond donors (Lipinski definition) is 3. The highest BCUT2D eigenvalue weighted by molar-refractivity contribution is 5.74. The fraction of sp³-hybridized carbons (Fsp3) is 0.929. The molecule has 2 rings (SSSR count). The molecule has 0 spiro atoms. The lowest BCUT2D eigenvalue weighted by molar-refractivity contribution is 0.175. The summed E-state index contributed by atoms with van der Waals surface area (Å²) in [4.78, 5) is 11.8. The number of nitrogens with one attached hydrogen (secondary N) is 3. The zero-order valence-electron chi connectivity index (χ0n) is 11.7. The molecule has 1 saturated carbocycles. The van der Waals surface area contributed by atoms with E-state index in [4.69, 9.17) is 0 Å². The molecule has 0 aromatic heterocycles. The third-order valence-corrected chi connectivity index (χ3v) is 4.49. The van der Waals surface area contributed by atoms with Gasteiger partial charge in [-0.25, -0.2) is 4.79 Å². The van der Waals surface area contributed by atoms with Gasteiger partial charge in [-0.15, -0.1) is 0 Å². The Bertz CT molecular complexity index is 285.